The third kappa shape index (κ3) is 3.53. The number of nitro benzene ring substituents is 1. The molecule has 1 aromatic rings. The first-order chi connectivity index (χ1) is 8.45. The second-order valence-corrected chi connectivity index (χ2v) is 4.15. The number of hydrogen-bond acceptors (Lipinski definition) is 5. The molecule has 0 aliphatic heterocycles. The topological polar surface area (TPSA) is 72.7 Å². The number of methoxy groups -OCH3 is 1. The van der Waals surface area contributed by atoms with Gasteiger partial charge in [0.25, 0.3) is 5.69 Å². The zero-order valence-corrected chi connectivity index (χ0v) is 10.7. The van der Waals surface area contributed by atoms with Gasteiger partial charge >= 0.3 is 5.97 Å². The van der Waals surface area contributed by atoms with Gasteiger partial charge in [0.1, 0.15) is 5.56 Å². The molecule has 0 spiro atoms. The van der Waals surface area contributed by atoms with Crippen molar-refractivity contribution < 1.29 is 14.5 Å². The zero-order valence-electron chi connectivity index (χ0n) is 10.7. The van der Waals surface area contributed by atoms with Gasteiger partial charge in [0.15, 0.2) is 0 Å². The second-order valence-electron chi connectivity index (χ2n) is 4.15. The van der Waals surface area contributed by atoms with Gasteiger partial charge in [0, 0.05) is 12.6 Å². The van der Waals surface area contributed by atoms with Crippen LogP contribution in [0.1, 0.15) is 15.9 Å². The smallest absolute Gasteiger partial charge is 0.344 e. The number of rotatable bonds is 5. The highest BCUT2D eigenvalue weighted by Crippen LogP contribution is 2.21. The molecule has 6 nitrogen and oxygen atoms in total. The van der Waals surface area contributed by atoms with Crippen LogP contribution >= 0.6 is 0 Å². The fraction of sp³-hybridized carbons (Fsp3) is 0.417. The van der Waals surface area contributed by atoms with Crippen LogP contribution in [-0.2, 0) is 11.2 Å². The molecule has 1 aromatic carbocycles. The van der Waals surface area contributed by atoms with Gasteiger partial charge in [-0.3, -0.25) is 10.1 Å². The van der Waals surface area contributed by atoms with Crippen LogP contribution in [0.25, 0.3) is 0 Å². The standard InChI is InChI=1S/C12H16N2O4/c1-13(2)7-6-9-4-5-10(12(15)18-3)11(8-9)14(16)17/h4-5,8H,6-7H2,1-3H3. The normalized spacial score (nSPS) is 10.4. The minimum atomic E-state index is -0.694. The first kappa shape index (κ1) is 14.1. The molecular formula is C12H16N2O4. The van der Waals surface area contributed by atoms with Crippen LogP contribution < -0.4 is 0 Å². The van der Waals surface area contributed by atoms with Gasteiger partial charge < -0.3 is 9.64 Å². The number of likely N-dealkylation sites (N-methyl/N-ethyl adjacent to an activating group) is 1. The monoisotopic (exact) mass is 252 g/mol. The third-order valence-electron chi connectivity index (χ3n) is 2.51. The number of carbonyl (C=O) groups excluding carboxylic acids is 1. The minimum absolute atomic E-state index is 0.0175. The lowest BCUT2D eigenvalue weighted by atomic mass is 10.1. The molecule has 0 heterocycles. The quantitative estimate of drug-likeness (QED) is 0.451. The van der Waals surface area contributed by atoms with E-state index < -0.39 is 10.9 Å². The summed E-state index contributed by atoms with van der Waals surface area (Å²) in [5.74, 6) is -0.694. The summed E-state index contributed by atoms with van der Waals surface area (Å²) < 4.78 is 4.51. The number of carbonyl (C=O) groups is 1. The van der Waals surface area contributed by atoms with Gasteiger partial charge in [0.2, 0.25) is 0 Å². The van der Waals surface area contributed by atoms with E-state index in [1.165, 1.54) is 19.2 Å². The van der Waals surface area contributed by atoms with E-state index in [9.17, 15) is 14.9 Å². The summed E-state index contributed by atoms with van der Waals surface area (Å²) in [4.78, 5) is 23.7. The number of nitro groups is 1. The molecular weight excluding hydrogens is 236 g/mol. The first-order valence-electron chi connectivity index (χ1n) is 5.46. The molecule has 0 aromatic heterocycles. The summed E-state index contributed by atoms with van der Waals surface area (Å²) in [5.41, 5.74) is 0.595. The van der Waals surface area contributed by atoms with E-state index in [1.54, 1.807) is 6.07 Å². The third-order valence-corrected chi connectivity index (χ3v) is 2.51. The Kier molecular flexibility index (Phi) is 4.79. The highest BCUT2D eigenvalue weighted by Gasteiger charge is 2.21. The van der Waals surface area contributed by atoms with Crippen LogP contribution in [0.5, 0.6) is 0 Å². The molecule has 0 saturated carbocycles. The molecule has 0 bridgehead atoms. The van der Waals surface area contributed by atoms with Crippen LogP contribution in [0.4, 0.5) is 5.69 Å². The molecule has 0 radical (unpaired) electrons. The van der Waals surface area contributed by atoms with Crippen molar-refractivity contribution in [1.82, 2.24) is 4.90 Å². The van der Waals surface area contributed by atoms with Gasteiger partial charge in [-0.05, 0) is 32.1 Å². The Morgan fingerprint density at radius 2 is 2.11 bits per heavy atom. The van der Waals surface area contributed by atoms with Crippen LogP contribution in [0.3, 0.4) is 0 Å². The predicted octanol–water partition coefficient (Wildman–Crippen LogP) is 1.49. The van der Waals surface area contributed by atoms with Crippen LogP contribution in [0.15, 0.2) is 18.2 Å². The molecule has 18 heavy (non-hydrogen) atoms. The van der Waals surface area contributed by atoms with Crippen LogP contribution in [0, 0.1) is 10.1 Å². The highest BCUT2D eigenvalue weighted by molar-refractivity contribution is 5.93. The SMILES string of the molecule is COC(=O)c1ccc(CCN(C)C)cc1[N+](=O)[O-]. The van der Waals surface area contributed by atoms with Gasteiger partial charge in [-0.25, -0.2) is 4.79 Å². The largest absolute Gasteiger partial charge is 0.465 e. The van der Waals surface area contributed by atoms with Gasteiger partial charge in [-0.1, -0.05) is 6.07 Å². The van der Waals surface area contributed by atoms with E-state index in [-0.39, 0.29) is 11.3 Å². The molecule has 6 heteroatoms. The Morgan fingerprint density at radius 1 is 1.44 bits per heavy atom. The van der Waals surface area contributed by atoms with Gasteiger partial charge in [-0.2, -0.15) is 0 Å². The van der Waals surface area contributed by atoms with E-state index in [0.29, 0.717) is 6.42 Å². The summed E-state index contributed by atoms with van der Waals surface area (Å²) in [6, 6.07) is 4.58. The van der Waals surface area contributed by atoms with E-state index in [4.69, 9.17) is 0 Å². The van der Waals surface area contributed by atoms with Crippen molar-refractivity contribution in [2.45, 2.75) is 6.42 Å². The molecule has 0 amide bonds. The lowest BCUT2D eigenvalue weighted by Gasteiger charge is -2.09. The fourth-order valence-electron chi connectivity index (χ4n) is 1.52. The number of ether oxygens (including phenoxy) is 1. The van der Waals surface area contributed by atoms with Crippen molar-refractivity contribution in [1.29, 1.82) is 0 Å². The Labute approximate surface area is 105 Å². The van der Waals surface area contributed by atoms with Crippen molar-refractivity contribution in [3.63, 3.8) is 0 Å². The lowest BCUT2D eigenvalue weighted by molar-refractivity contribution is -0.385. The summed E-state index contributed by atoms with van der Waals surface area (Å²) in [5, 5.41) is 10.9. The fourth-order valence-corrected chi connectivity index (χ4v) is 1.52. The van der Waals surface area contributed by atoms with E-state index in [1.807, 2.05) is 19.0 Å². The van der Waals surface area contributed by atoms with Crippen molar-refractivity contribution in [2.24, 2.45) is 0 Å². The highest BCUT2D eigenvalue weighted by atomic mass is 16.6. The first-order valence-corrected chi connectivity index (χ1v) is 5.46. The van der Waals surface area contributed by atoms with Crippen molar-refractivity contribution in [2.75, 3.05) is 27.7 Å². The second kappa shape index (κ2) is 6.11. The maximum Gasteiger partial charge on any atom is 0.344 e. The molecule has 1 rings (SSSR count). The maximum atomic E-state index is 11.4. The summed E-state index contributed by atoms with van der Waals surface area (Å²) in [6.07, 6.45) is 0.690. The Morgan fingerprint density at radius 3 is 2.61 bits per heavy atom. The Hall–Kier alpha value is -1.95. The molecule has 0 saturated heterocycles. The summed E-state index contributed by atoms with van der Waals surface area (Å²) in [7, 11) is 5.06. The molecule has 0 unspecified atom stereocenters. The van der Waals surface area contributed by atoms with Crippen LogP contribution in [-0.4, -0.2) is 43.5 Å². The molecule has 0 aliphatic rings. The lowest BCUT2D eigenvalue weighted by Crippen LogP contribution is -2.15. The Bertz CT molecular complexity index is 457. The number of benzene rings is 1. The average molecular weight is 252 g/mol. The zero-order chi connectivity index (χ0) is 13.7. The molecule has 0 atom stereocenters. The van der Waals surface area contributed by atoms with Crippen molar-refractivity contribution >= 4 is 11.7 Å². The van der Waals surface area contributed by atoms with E-state index in [0.717, 1.165) is 12.1 Å². The molecule has 98 valence electrons. The van der Waals surface area contributed by atoms with Gasteiger partial charge in [0.05, 0.1) is 12.0 Å². The van der Waals surface area contributed by atoms with E-state index in [2.05, 4.69) is 4.74 Å². The number of esters is 1. The number of nitrogens with zero attached hydrogens (tertiary/aromatic N) is 2. The van der Waals surface area contributed by atoms with E-state index >= 15 is 0 Å². The van der Waals surface area contributed by atoms with Crippen molar-refractivity contribution in [3.05, 3.63) is 39.4 Å². The molecule has 0 N–H and O–H groups in total. The molecule has 0 aliphatic carbocycles. The molecule has 0 fully saturated rings. The average Bonchev–Trinajstić information content (AvgIpc) is 2.34. The maximum absolute atomic E-state index is 11.4. The summed E-state index contributed by atoms with van der Waals surface area (Å²) in [6.45, 7) is 0.786. The van der Waals surface area contributed by atoms with Crippen LogP contribution in [0.2, 0.25) is 0 Å². The minimum Gasteiger partial charge on any atom is -0.465 e. The Balaban J connectivity index is 3.03. The summed E-state index contributed by atoms with van der Waals surface area (Å²) >= 11 is 0. The van der Waals surface area contributed by atoms with Crippen molar-refractivity contribution in [3.8, 4) is 0 Å². The van der Waals surface area contributed by atoms with Gasteiger partial charge in [-0.15, -0.1) is 0 Å². The predicted molar refractivity (Wildman–Crippen MR) is 66.7 cm³/mol. The number of hydrogen-bond donors (Lipinski definition) is 0.